The summed E-state index contributed by atoms with van der Waals surface area (Å²) in [5, 5.41) is 20.0. The molecule has 0 aromatic carbocycles. The van der Waals surface area contributed by atoms with Gasteiger partial charge in [-0.25, -0.2) is 0 Å². The number of rotatable bonds is 4. The summed E-state index contributed by atoms with van der Waals surface area (Å²) in [5.74, 6) is -0.315. The lowest BCUT2D eigenvalue weighted by molar-refractivity contribution is -0.125. The highest BCUT2D eigenvalue weighted by molar-refractivity contribution is 5.85. The van der Waals surface area contributed by atoms with Gasteiger partial charge in [0.1, 0.15) is 0 Å². The number of hydrogen-bond donors (Lipinski definition) is 4. The summed E-state index contributed by atoms with van der Waals surface area (Å²) in [4.78, 5) is 11.4. The van der Waals surface area contributed by atoms with E-state index in [0.29, 0.717) is 0 Å². The molecule has 1 amide bonds. The molecule has 0 saturated carbocycles. The summed E-state index contributed by atoms with van der Waals surface area (Å²) in [6.45, 7) is 5.24. The van der Waals surface area contributed by atoms with Crippen LogP contribution in [0.5, 0.6) is 0 Å². The summed E-state index contributed by atoms with van der Waals surface area (Å²) in [6, 6.07) is -0.617. The number of amides is 1. The molecular weight excluding hydrogens is 220 g/mol. The Bertz CT molecular complexity index is 194. The van der Waals surface area contributed by atoms with Crippen molar-refractivity contribution in [3.8, 4) is 0 Å². The number of carbonyl (C=O) groups excluding carboxylic acids is 1. The Labute approximate surface area is 96.5 Å². The second-order valence-electron chi connectivity index (χ2n) is 4.43. The Hall–Kier alpha value is -0.360. The zero-order chi connectivity index (χ0) is 11.4. The van der Waals surface area contributed by atoms with Gasteiger partial charge < -0.3 is 21.3 Å². The van der Waals surface area contributed by atoms with Gasteiger partial charge in [-0.3, -0.25) is 4.79 Å². The van der Waals surface area contributed by atoms with Crippen molar-refractivity contribution in [2.75, 3.05) is 13.2 Å². The van der Waals surface area contributed by atoms with Gasteiger partial charge in [0, 0.05) is 6.54 Å². The van der Waals surface area contributed by atoms with Crippen LogP contribution in [-0.2, 0) is 4.79 Å². The van der Waals surface area contributed by atoms with E-state index in [-0.39, 0.29) is 36.9 Å². The highest BCUT2D eigenvalue weighted by Gasteiger charge is 2.27. The monoisotopic (exact) mass is 240 g/mol. The molecule has 0 fully saturated rings. The fraction of sp³-hybridized carbons (Fsp3) is 0.889. The first-order valence-electron chi connectivity index (χ1n) is 4.61. The molecule has 0 unspecified atom stereocenters. The Morgan fingerprint density at radius 3 is 2.27 bits per heavy atom. The predicted molar refractivity (Wildman–Crippen MR) is 60.8 cm³/mol. The van der Waals surface area contributed by atoms with Gasteiger partial charge in [-0.1, -0.05) is 20.8 Å². The van der Waals surface area contributed by atoms with Crippen LogP contribution in [0.1, 0.15) is 20.8 Å². The molecule has 0 saturated heterocycles. The molecule has 92 valence electrons. The largest absolute Gasteiger partial charge is 0.394 e. The standard InChI is InChI=1S/C9H20N2O3.ClH/c1-9(2,3)7(10)8(14)11-4-6(13)5-12;/h6-7,12-13H,4-5,10H2,1-3H3,(H,11,14);1H/t6-,7+;/m0./s1. The van der Waals surface area contributed by atoms with E-state index in [1.807, 2.05) is 20.8 Å². The number of aliphatic hydroxyl groups is 2. The first-order valence-corrected chi connectivity index (χ1v) is 4.61. The molecule has 0 radical (unpaired) electrons. The van der Waals surface area contributed by atoms with Gasteiger partial charge in [0.05, 0.1) is 18.8 Å². The fourth-order valence-electron chi connectivity index (χ4n) is 0.786. The first kappa shape index (κ1) is 17.0. The van der Waals surface area contributed by atoms with Crippen molar-refractivity contribution in [3.63, 3.8) is 0 Å². The van der Waals surface area contributed by atoms with Gasteiger partial charge in [0.2, 0.25) is 5.91 Å². The van der Waals surface area contributed by atoms with Crippen molar-refractivity contribution >= 4 is 18.3 Å². The van der Waals surface area contributed by atoms with Crippen LogP contribution < -0.4 is 11.1 Å². The maximum Gasteiger partial charge on any atom is 0.237 e. The smallest absolute Gasteiger partial charge is 0.237 e. The van der Waals surface area contributed by atoms with Crippen LogP contribution in [0.15, 0.2) is 0 Å². The molecule has 6 heteroatoms. The SMILES string of the molecule is CC(C)(C)[C@H](N)C(=O)NC[C@H](O)CO.Cl. The molecule has 0 bridgehead atoms. The normalized spacial score (nSPS) is 15.1. The molecular formula is C9H21ClN2O3. The van der Waals surface area contributed by atoms with E-state index in [1.165, 1.54) is 0 Å². The van der Waals surface area contributed by atoms with E-state index >= 15 is 0 Å². The van der Waals surface area contributed by atoms with Gasteiger partial charge in [-0.2, -0.15) is 0 Å². The number of halogens is 1. The molecule has 2 atom stereocenters. The van der Waals surface area contributed by atoms with E-state index in [2.05, 4.69) is 5.32 Å². The minimum Gasteiger partial charge on any atom is -0.394 e. The zero-order valence-corrected chi connectivity index (χ0v) is 10.2. The summed E-state index contributed by atoms with van der Waals surface area (Å²) >= 11 is 0. The maximum absolute atomic E-state index is 11.4. The topological polar surface area (TPSA) is 95.6 Å². The van der Waals surface area contributed by atoms with Gasteiger partial charge in [0.25, 0.3) is 0 Å². The minimum atomic E-state index is -0.925. The van der Waals surface area contributed by atoms with Crippen molar-refractivity contribution in [2.24, 2.45) is 11.1 Å². The molecule has 0 aliphatic carbocycles. The number of carbonyl (C=O) groups is 1. The number of nitrogens with one attached hydrogen (secondary N) is 1. The van der Waals surface area contributed by atoms with Crippen molar-refractivity contribution in [2.45, 2.75) is 32.9 Å². The summed E-state index contributed by atoms with van der Waals surface area (Å²) < 4.78 is 0. The van der Waals surface area contributed by atoms with Gasteiger partial charge in [-0.15, -0.1) is 12.4 Å². The van der Waals surface area contributed by atoms with Crippen molar-refractivity contribution in [3.05, 3.63) is 0 Å². The lowest BCUT2D eigenvalue weighted by atomic mass is 9.87. The van der Waals surface area contributed by atoms with Gasteiger partial charge >= 0.3 is 0 Å². The summed E-state index contributed by atoms with van der Waals surface area (Å²) in [7, 11) is 0. The van der Waals surface area contributed by atoms with E-state index < -0.39 is 12.1 Å². The second-order valence-corrected chi connectivity index (χ2v) is 4.43. The first-order chi connectivity index (χ1) is 6.29. The van der Waals surface area contributed by atoms with Crippen molar-refractivity contribution in [1.82, 2.24) is 5.32 Å². The predicted octanol–water partition coefficient (Wildman–Crippen LogP) is -0.749. The van der Waals surface area contributed by atoms with Crippen LogP contribution in [0.25, 0.3) is 0 Å². The Morgan fingerprint density at radius 2 is 1.93 bits per heavy atom. The molecule has 0 heterocycles. The quantitative estimate of drug-likeness (QED) is 0.520. The third kappa shape index (κ3) is 6.67. The molecule has 0 aliphatic rings. The van der Waals surface area contributed by atoms with E-state index in [9.17, 15) is 4.79 Å². The van der Waals surface area contributed by atoms with Crippen LogP contribution in [0.4, 0.5) is 0 Å². The van der Waals surface area contributed by atoms with Crippen molar-refractivity contribution < 1.29 is 15.0 Å². The number of aliphatic hydroxyl groups excluding tert-OH is 2. The van der Waals surface area contributed by atoms with Crippen LogP contribution in [-0.4, -0.2) is 41.4 Å². The molecule has 5 N–H and O–H groups in total. The molecule has 0 aromatic heterocycles. The average Bonchev–Trinajstić information content (AvgIpc) is 2.10. The second kappa shape index (κ2) is 7.00. The Balaban J connectivity index is 0. The number of nitrogens with two attached hydrogens (primary N) is 1. The highest BCUT2D eigenvalue weighted by atomic mass is 35.5. The summed E-state index contributed by atoms with van der Waals surface area (Å²) in [6.07, 6.45) is -0.925. The van der Waals surface area contributed by atoms with Gasteiger partial charge in [0.15, 0.2) is 0 Å². The van der Waals surface area contributed by atoms with Crippen LogP contribution in [0.2, 0.25) is 0 Å². The van der Waals surface area contributed by atoms with Crippen LogP contribution >= 0.6 is 12.4 Å². The van der Waals surface area contributed by atoms with Gasteiger partial charge in [-0.05, 0) is 5.41 Å². The van der Waals surface area contributed by atoms with E-state index in [1.54, 1.807) is 0 Å². The third-order valence-electron chi connectivity index (χ3n) is 1.94. The average molecular weight is 241 g/mol. The van der Waals surface area contributed by atoms with Crippen LogP contribution in [0, 0.1) is 5.41 Å². The molecule has 5 nitrogen and oxygen atoms in total. The highest BCUT2D eigenvalue weighted by Crippen LogP contribution is 2.16. The fourth-order valence-corrected chi connectivity index (χ4v) is 0.786. The Morgan fingerprint density at radius 1 is 1.47 bits per heavy atom. The molecule has 0 spiro atoms. The zero-order valence-electron chi connectivity index (χ0n) is 9.36. The van der Waals surface area contributed by atoms with Crippen molar-refractivity contribution in [1.29, 1.82) is 0 Å². The Kier molecular flexibility index (Phi) is 7.96. The molecule has 0 aromatic rings. The van der Waals surface area contributed by atoms with E-state index in [4.69, 9.17) is 15.9 Å². The van der Waals surface area contributed by atoms with E-state index in [0.717, 1.165) is 0 Å². The molecule has 0 rings (SSSR count). The molecule has 15 heavy (non-hydrogen) atoms. The van der Waals surface area contributed by atoms with Crippen LogP contribution in [0.3, 0.4) is 0 Å². The molecule has 0 aliphatic heterocycles. The lowest BCUT2D eigenvalue weighted by Crippen LogP contribution is -2.50. The third-order valence-corrected chi connectivity index (χ3v) is 1.94. The summed E-state index contributed by atoms with van der Waals surface area (Å²) in [5.41, 5.74) is 5.35. The number of hydrogen-bond acceptors (Lipinski definition) is 4. The lowest BCUT2D eigenvalue weighted by Gasteiger charge is -2.26. The minimum absolute atomic E-state index is 0. The maximum atomic E-state index is 11.4.